The highest BCUT2D eigenvalue weighted by Crippen LogP contribution is 2.22. The van der Waals surface area contributed by atoms with Gasteiger partial charge in [-0.25, -0.2) is 0 Å². The molecule has 0 heterocycles. The molecule has 2 rings (SSSR count). The molecule has 0 amide bonds. The summed E-state index contributed by atoms with van der Waals surface area (Å²) in [4.78, 5) is 10.6. The predicted octanol–water partition coefficient (Wildman–Crippen LogP) is 2.44. The molecule has 0 saturated carbocycles. The second kappa shape index (κ2) is 5.28. The second-order valence-corrected chi connectivity index (χ2v) is 4.87. The van der Waals surface area contributed by atoms with Crippen LogP contribution in [0.1, 0.15) is 13.3 Å². The maximum atomic E-state index is 10.6. The van der Waals surface area contributed by atoms with E-state index >= 15 is 0 Å². The van der Waals surface area contributed by atoms with Crippen molar-refractivity contribution in [1.82, 2.24) is 0 Å². The molecule has 0 aliphatic carbocycles. The van der Waals surface area contributed by atoms with Gasteiger partial charge in [0.15, 0.2) is 0 Å². The van der Waals surface area contributed by atoms with Crippen LogP contribution < -0.4 is 4.74 Å². The third-order valence-electron chi connectivity index (χ3n) is 2.80. The van der Waals surface area contributed by atoms with Gasteiger partial charge in [0.1, 0.15) is 18.0 Å². The Balaban J connectivity index is 2.07. The zero-order chi connectivity index (χ0) is 13.9. The normalized spacial score (nSPS) is 14.0. The Hall–Kier alpha value is -2.07. The zero-order valence-electron chi connectivity index (χ0n) is 10.7. The molecule has 2 aromatic rings. The third-order valence-corrected chi connectivity index (χ3v) is 2.80. The van der Waals surface area contributed by atoms with Crippen LogP contribution in [0.2, 0.25) is 0 Å². The number of hydrogen-bond donors (Lipinski definition) is 2. The number of benzene rings is 2. The zero-order valence-corrected chi connectivity index (χ0v) is 10.7. The molecule has 0 spiro atoms. The van der Waals surface area contributed by atoms with E-state index in [1.807, 2.05) is 36.4 Å². The van der Waals surface area contributed by atoms with Crippen LogP contribution in [-0.4, -0.2) is 28.4 Å². The first-order chi connectivity index (χ1) is 8.96. The SMILES string of the molecule is CC(O)(COc1ccc2ccccc2c1)CC(=O)O. The van der Waals surface area contributed by atoms with Crippen LogP contribution >= 0.6 is 0 Å². The number of hydrogen-bond acceptors (Lipinski definition) is 3. The molecule has 19 heavy (non-hydrogen) atoms. The Labute approximate surface area is 111 Å². The van der Waals surface area contributed by atoms with Crippen molar-refractivity contribution in [3.8, 4) is 5.75 Å². The maximum absolute atomic E-state index is 10.6. The van der Waals surface area contributed by atoms with Crippen molar-refractivity contribution >= 4 is 16.7 Å². The average Bonchev–Trinajstić information content (AvgIpc) is 2.35. The van der Waals surface area contributed by atoms with Gasteiger partial charge < -0.3 is 14.9 Å². The molecule has 0 aliphatic heterocycles. The standard InChI is InChI=1S/C15H16O4/c1-15(18,9-14(16)17)10-19-13-7-6-11-4-2-3-5-12(11)8-13/h2-8,18H,9-10H2,1H3,(H,16,17). The quantitative estimate of drug-likeness (QED) is 0.866. The maximum Gasteiger partial charge on any atom is 0.306 e. The minimum Gasteiger partial charge on any atom is -0.491 e. The predicted molar refractivity (Wildman–Crippen MR) is 72.3 cm³/mol. The fourth-order valence-corrected chi connectivity index (χ4v) is 1.87. The number of fused-ring (bicyclic) bond motifs is 1. The van der Waals surface area contributed by atoms with E-state index in [9.17, 15) is 9.90 Å². The van der Waals surface area contributed by atoms with E-state index in [2.05, 4.69) is 0 Å². The molecule has 2 N–H and O–H groups in total. The van der Waals surface area contributed by atoms with Crippen molar-refractivity contribution in [2.24, 2.45) is 0 Å². The van der Waals surface area contributed by atoms with E-state index in [1.165, 1.54) is 6.92 Å². The Morgan fingerprint density at radius 2 is 1.89 bits per heavy atom. The molecule has 1 atom stereocenters. The first kappa shape index (κ1) is 13.4. The van der Waals surface area contributed by atoms with Crippen molar-refractivity contribution < 1.29 is 19.7 Å². The lowest BCUT2D eigenvalue weighted by molar-refractivity contribution is -0.143. The number of carboxylic acids is 1. The van der Waals surface area contributed by atoms with E-state index < -0.39 is 11.6 Å². The van der Waals surface area contributed by atoms with E-state index in [4.69, 9.17) is 9.84 Å². The van der Waals surface area contributed by atoms with Crippen molar-refractivity contribution in [3.05, 3.63) is 42.5 Å². The largest absolute Gasteiger partial charge is 0.491 e. The molecule has 0 radical (unpaired) electrons. The fourth-order valence-electron chi connectivity index (χ4n) is 1.87. The summed E-state index contributed by atoms with van der Waals surface area (Å²) in [5, 5.41) is 20.7. The number of carboxylic acid groups (broad SMARTS) is 1. The number of carbonyl (C=O) groups is 1. The molecule has 1 unspecified atom stereocenters. The molecule has 100 valence electrons. The number of rotatable bonds is 5. The van der Waals surface area contributed by atoms with Crippen molar-refractivity contribution in [2.75, 3.05) is 6.61 Å². The summed E-state index contributed by atoms with van der Waals surface area (Å²) < 4.78 is 5.47. The van der Waals surface area contributed by atoms with Gasteiger partial charge >= 0.3 is 5.97 Å². The Bertz CT molecular complexity index is 589. The molecule has 4 heteroatoms. The van der Waals surface area contributed by atoms with Gasteiger partial charge in [-0.3, -0.25) is 4.79 Å². The molecular formula is C15H16O4. The number of aliphatic hydroxyl groups is 1. The lowest BCUT2D eigenvalue weighted by atomic mass is 10.0. The van der Waals surface area contributed by atoms with Gasteiger partial charge in [-0.05, 0) is 29.8 Å². The van der Waals surface area contributed by atoms with Crippen molar-refractivity contribution in [2.45, 2.75) is 18.9 Å². The third kappa shape index (κ3) is 3.69. The number of ether oxygens (including phenoxy) is 1. The van der Waals surface area contributed by atoms with Gasteiger partial charge in [0, 0.05) is 0 Å². The van der Waals surface area contributed by atoms with Crippen LogP contribution in [-0.2, 0) is 4.79 Å². The molecule has 0 saturated heterocycles. The lowest BCUT2D eigenvalue weighted by Gasteiger charge is -2.21. The van der Waals surface area contributed by atoms with E-state index in [0.29, 0.717) is 5.75 Å². The minimum atomic E-state index is -1.38. The highest BCUT2D eigenvalue weighted by Gasteiger charge is 2.25. The van der Waals surface area contributed by atoms with Gasteiger partial charge in [0.2, 0.25) is 0 Å². The highest BCUT2D eigenvalue weighted by atomic mass is 16.5. The van der Waals surface area contributed by atoms with Crippen LogP contribution in [0.4, 0.5) is 0 Å². The van der Waals surface area contributed by atoms with Gasteiger partial charge in [-0.1, -0.05) is 30.3 Å². The summed E-state index contributed by atoms with van der Waals surface area (Å²) in [7, 11) is 0. The first-order valence-corrected chi connectivity index (χ1v) is 6.02. The van der Waals surface area contributed by atoms with Crippen LogP contribution in [0, 0.1) is 0 Å². The monoisotopic (exact) mass is 260 g/mol. The van der Waals surface area contributed by atoms with Crippen LogP contribution in [0.25, 0.3) is 10.8 Å². The Morgan fingerprint density at radius 1 is 1.21 bits per heavy atom. The van der Waals surface area contributed by atoms with Crippen molar-refractivity contribution in [1.29, 1.82) is 0 Å². The van der Waals surface area contributed by atoms with E-state index in [1.54, 1.807) is 6.07 Å². The van der Waals surface area contributed by atoms with Gasteiger partial charge in [-0.15, -0.1) is 0 Å². The summed E-state index contributed by atoms with van der Waals surface area (Å²) in [6, 6.07) is 13.5. The highest BCUT2D eigenvalue weighted by molar-refractivity contribution is 5.83. The van der Waals surface area contributed by atoms with Gasteiger partial charge in [-0.2, -0.15) is 0 Å². The molecule has 4 nitrogen and oxygen atoms in total. The Kier molecular flexibility index (Phi) is 3.71. The summed E-state index contributed by atoms with van der Waals surface area (Å²) in [5.74, 6) is -0.434. The fraction of sp³-hybridized carbons (Fsp3) is 0.267. The minimum absolute atomic E-state index is 0.0579. The summed E-state index contributed by atoms with van der Waals surface area (Å²) in [6.07, 6.45) is -0.347. The molecule has 0 fully saturated rings. The van der Waals surface area contributed by atoms with Crippen LogP contribution in [0.5, 0.6) is 5.75 Å². The van der Waals surface area contributed by atoms with E-state index in [0.717, 1.165) is 10.8 Å². The first-order valence-electron chi connectivity index (χ1n) is 6.02. The van der Waals surface area contributed by atoms with Crippen LogP contribution in [0.3, 0.4) is 0 Å². The molecular weight excluding hydrogens is 244 g/mol. The smallest absolute Gasteiger partial charge is 0.306 e. The Morgan fingerprint density at radius 3 is 2.58 bits per heavy atom. The van der Waals surface area contributed by atoms with Gasteiger partial charge in [0.25, 0.3) is 0 Å². The van der Waals surface area contributed by atoms with Crippen molar-refractivity contribution in [3.63, 3.8) is 0 Å². The lowest BCUT2D eigenvalue weighted by Crippen LogP contribution is -2.34. The average molecular weight is 260 g/mol. The summed E-state index contributed by atoms with van der Waals surface area (Å²) in [6.45, 7) is 1.39. The molecule has 0 aliphatic rings. The topological polar surface area (TPSA) is 66.8 Å². The molecule has 0 bridgehead atoms. The second-order valence-electron chi connectivity index (χ2n) is 4.87. The van der Waals surface area contributed by atoms with Gasteiger partial charge in [0.05, 0.1) is 6.42 Å². The summed E-state index contributed by atoms with van der Waals surface area (Å²) >= 11 is 0. The van der Waals surface area contributed by atoms with E-state index in [-0.39, 0.29) is 13.0 Å². The van der Waals surface area contributed by atoms with Crippen LogP contribution in [0.15, 0.2) is 42.5 Å². The molecule has 0 aromatic heterocycles. The molecule has 2 aromatic carbocycles. The number of aliphatic carboxylic acids is 1. The summed E-state index contributed by atoms with van der Waals surface area (Å²) in [5.41, 5.74) is -1.38.